The zero-order chi connectivity index (χ0) is 15.7. The van der Waals surface area contributed by atoms with Crippen LogP contribution in [-0.2, 0) is 6.54 Å². The number of hydrogen-bond acceptors (Lipinski definition) is 6. The van der Waals surface area contributed by atoms with Gasteiger partial charge in [0.25, 0.3) is 0 Å². The Kier molecular flexibility index (Phi) is 4.58. The molecular formula is C15H20N2O4S. The van der Waals surface area contributed by atoms with Crippen LogP contribution in [0.2, 0.25) is 0 Å². The molecule has 0 aliphatic carbocycles. The highest BCUT2D eigenvalue weighted by Crippen LogP contribution is 2.36. The minimum atomic E-state index is -0.929. The van der Waals surface area contributed by atoms with Crippen LogP contribution < -0.4 is 4.74 Å². The summed E-state index contributed by atoms with van der Waals surface area (Å²) in [6, 6.07) is 7.03. The fourth-order valence-electron chi connectivity index (χ4n) is 2.94. The fourth-order valence-corrected chi connectivity index (χ4v) is 4.19. The molecule has 3 rings (SSSR count). The summed E-state index contributed by atoms with van der Waals surface area (Å²) < 4.78 is 5.12. The van der Waals surface area contributed by atoms with Gasteiger partial charge in [0.2, 0.25) is 0 Å². The van der Waals surface area contributed by atoms with E-state index in [2.05, 4.69) is 4.99 Å². The zero-order valence-corrected chi connectivity index (χ0v) is 13.1. The molecule has 0 radical (unpaired) electrons. The number of methoxy groups -OCH3 is 1. The largest absolute Gasteiger partial charge is 0.497 e. The summed E-state index contributed by atoms with van der Waals surface area (Å²) in [5.74, 6) is 1.48. The molecule has 0 amide bonds. The van der Waals surface area contributed by atoms with E-state index in [1.54, 1.807) is 18.9 Å². The number of amidine groups is 1. The molecule has 22 heavy (non-hydrogen) atoms. The van der Waals surface area contributed by atoms with Crippen molar-refractivity contribution in [1.29, 1.82) is 0 Å². The molecule has 0 bridgehead atoms. The Morgan fingerprint density at radius 2 is 2.00 bits per heavy atom. The molecule has 3 N–H and O–H groups in total. The maximum atomic E-state index is 10.0. The number of rotatable bonds is 4. The van der Waals surface area contributed by atoms with Crippen molar-refractivity contribution in [3.8, 4) is 5.75 Å². The Hall–Kier alpha value is -1.28. The van der Waals surface area contributed by atoms with Crippen molar-refractivity contribution < 1.29 is 20.1 Å². The van der Waals surface area contributed by atoms with Gasteiger partial charge in [0.1, 0.15) is 18.0 Å². The number of aliphatic hydroxyl groups excluding tert-OH is 3. The number of hydrogen-bond donors (Lipinski definition) is 3. The number of aliphatic hydroxyl groups is 3. The molecule has 120 valence electrons. The minimum Gasteiger partial charge on any atom is -0.497 e. The molecule has 1 aromatic rings. The van der Waals surface area contributed by atoms with Crippen molar-refractivity contribution in [1.82, 2.24) is 4.90 Å². The summed E-state index contributed by atoms with van der Waals surface area (Å²) in [5, 5.41) is 30.3. The first-order chi connectivity index (χ1) is 10.7. The number of aliphatic imine (C=N–C) groups is 1. The molecule has 0 spiro atoms. The first kappa shape index (κ1) is 15.6. The molecule has 0 unspecified atom stereocenters. The van der Waals surface area contributed by atoms with Gasteiger partial charge in [-0.15, -0.1) is 0 Å². The fraction of sp³-hybridized carbons (Fsp3) is 0.533. The second-order valence-electron chi connectivity index (χ2n) is 5.46. The Morgan fingerprint density at radius 3 is 2.64 bits per heavy atom. The molecule has 7 heteroatoms. The van der Waals surface area contributed by atoms with Crippen LogP contribution >= 0.6 is 11.8 Å². The number of ether oxygens (including phenoxy) is 1. The smallest absolute Gasteiger partial charge is 0.160 e. The predicted molar refractivity (Wildman–Crippen MR) is 85.1 cm³/mol. The van der Waals surface area contributed by atoms with Crippen molar-refractivity contribution in [2.45, 2.75) is 30.8 Å². The Labute approximate surface area is 133 Å². The van der Waals surface area contributed by atoms with Crippen molar-refractivity contribution in [3.63, 3.8) is 0 Å². The number of benzene rings is 1. The van der Waals surface area contributed by atoms with E-state index in [-0.39, 0.29) is 12.6 Å². The third kappa shape index (κ3) is 2.69. The van der Waals surface area contributed by atoms with Gasteiger partial charge in [-0.3, -0.25) is 4.99 Å². The normalized spacial score (nSPS) is 32.5. The van der Waals surface area contributed by atoms with Crippen molar-refractivity contribution in [3.05, 3.63) is 29.8 Å². The lowest BCUT2D eigenvalue weighted by atomic mass is 10.1. The maximum absolute atomic E-state index is 10.0. The molecule has 4 atom stereocenters. The van der Waals surface area contributed by atoms with Gasteiger partial charge >= 0.3 is 0 Å². The highest BCUT2D eigenvalue weighted by atomic mass is 32.2. The van der Waals surface area contributed by atoms with Gasteiger partial charge in [-0.1, -0.05) is 23.9 Å². The minimum absolute atomic E-state index is 0.174. The van der Waals surface area contributed by atoms with E-state index in [4.69, 9.17) is 4.74 Å². The van der Waals surface area contributed by atoms with Gasteiger partial charge in [0.15, 0.2) is 5.17 Å². The molecular weight excluding hydrogens is 304 g/mol. The van der Waals surface area contributed by atoms with Crippen LogP contribution in [-0.4, -0.2) is 69.1 Å². The lowest BCUT2D eigenvalue weighted by molar-refractivity contribution is 0.0206. The number of thioether (sulfide) groups is 1. The second kappa shape index (κ2) is 6.45. The molecule has 1 aromatic carbocycles. The molecule has 2 aliphatic rings. The average molecular weight is 324 g/mol. The van der Waals surface area contributed by atoms with Crippen LogP contribution in [0.3, 0.4) is 0 Å². The van der Waals surface area contributed by atoms with E-state index in [0.717, 1.165) is 16.5 Å². The Balaban J connectivity index is 1.74. The molecule has 2 fully saturated rings. The van der Waals surface area contributed by atoms with E-state index in [9.17, 15) is 15.3 Å². The summed E-state index contributed by atoms with van der Waals surface area (Å²) in [5.41, 5.74) is 1.05. The van der Waals surface area contributed by atoms with Gasteiger partial charge in [0, 0.05) is 5.75 Å². The van der Waals surface area contributed by atoms with E-state index in [0.29, 0.717) is 12.3 Å². The van der Waals surface area contributed by atoms with E-state index in [1.807, 2.05) is 29.2 Å². The van der Waals surface area contributed by atoms with Gasteiger partial charge in [-0.05, 0) is 17.7 Å². The van der Waals surface area contributed by atoms with Crippen molar-refractivity contribution >= 4 is 16.9 Å². The third-order valence-electron chi connectivity index (χ3n) is 4.20. The average Bonchev–Trinajstić information content (AvgIpc) is 3.06. The van der Waals surface area contributed by atoms with Gasteiger partial charge in [0.05, 0.1) is 32.3 Å². The number of fused-ring (bicyclic) bond motifs is 1. The lowest BCUT2D eigenvalue weighted by Gasteiger charge is -2.24. The van der Waals surface area contributed by atoms with Gasteiger partial charge in [-0.25, -0.2) is 0 Å². The summed E-state index contributed by atoms with van der Waals surface area (Å²) in [4.78, 5) is 6.45. The van der Waals surface area contributed by atoms with Gasteiger partial charge < -0.3 is 25.0 Å². The molecule has 0 aromatic heterocycles. The zero-order valence-electron chi connectivity index (χ0n) is 12.3. The molecule has 6 nitrogen and oxygen atoms in total. The SMILES string of the molecule is COc1ccc(CN=C2SC[C@H]3[C@H](O)[C@@H](O)[C@H](CO)N23)cc1. The first-order valence-corrected chi connectivity index (χ1v) is 8.19. The first-order valence-electron chi connectivity index (χ1n) is 7.21. The maximum Gasteiger partial charge on any atom is 0.160 e. The van der Waals surface area contributed by atoms with Crippen molar-refractivity contribution in [2.75, 3.05) is 19.5 Å². The summed E-state index contributed by atoms with van der Waals surface area (Å²) in [6.45, 7) is 0.316. The second-order valence-corrected chi connectivity index (χ2v) is 6.45. The summed E-state index contributed by atoms with van der Waals surface area (Å²) in [7, 11) is 1.63. The predicted octanol–water partition coefficient (Wildman–Crippen LogP) is 0.0649. The van der Waals surface area contributed by atoms with Crippen molar-refractivity contribution in [2.24, 2.45) is 4.99 Å². The van der Waals surface area contributed by atoms with E-state index >= 15 is 0 Å². The quantitative estimate of drug-likeness (QED) is 0.726. The summed E-state index contributed by atoms with van der Waals surface area (Å²) in [6.07, 6.45) is -1.76. The topological polar surface area (TPSA) is 85.5 Å². The van der Waals surface area contributed by atoms with Crippen LogP contribution in [0.1, 0.15) is 5.56 Å². The van der Waals surface area contributed by atoms with E-state index in [1.165, 1.54) is 0 Å². The van der Waals surface area contributed by atoms with Crippen LogP contribution in [0, 0.1) is 0 Å². The van der Waals surface area contributed by atoms with Gasteiger partial charge in [-0.2, -0.15) is 0 Å². The Bertz CT molecular complexity index is 549. The van der Waals surface area contributed by atoms with Crippen LogP contribution in [0.15, 0.2) is 29.3 Å². The number of nitrogens with zero attached hydrogens (tertiary/aromatic N) is 2. The molecule has 2 heterocycles. The highest BCUT2D eigenvalue weighted by molar-refractivity contribution is 8.14. The summed E-state index contributed by atoms with van der Waals surface area (Å²) >= 11 is 1.56. The van der Waals surface area contributed by atoms with Crippen LogP contribution in [0.25, 0.3) is 0 Å². The molecule has 0 saturated carbocycles. The Morgan fingerprint density at radius 1 is 1.27 bits per heavy atom. The van der Waals surface area contributed by atoms with E-state index < -0.39 is 18.2 Å². The monoisotopic (exact) mass is 324 g/mol. The molecule has 2 saturated heterocycles. The standard InChI is InChI=1S/C15H20N2O4S/c1-21-10-4-2-9(3-5-10)6-16-15-17-11(7-18)13(19)14(20)12(17)8-22-15/h2-5,11-14,18-20H,6-8H2,1H3/t11-,12-,13-,14-/m0/s1. The van der Waals surface area contributed by atoms with Crippen LogP contribution in [0.5, 0.6) is 5.75 Å². The van der Waals surface area contributed by atoms with Crippen LogP contribution in [0.4, 0.5) is 0 Å². The lowest BCUT2D eigenvalue weighted by Crippen LogP contribution is -2.41. The third-order valence-corrected chi connectivity index (χ3v) is 5.31. The molecule has 2 aliphatic heterocycles. The highest BCUT2D eigenvalue weighted by Gasteiger charge is 2.51.